The molecular weight excluding hydrogens is 946 g/mol. The molecule has 0 atom stereocenters. The maximum Gasteiger partial charge on any atom is 0.257 e. The van der Waals surface area contributed by atoms with Crippen LogP contribution < -0.4 is 25.0 Å². The molecule has 0 aliphatic carbocycles. The van der Waals surface area contributed by atoms with Crippen molar-refractivity contribution in [3.8, 4) is 0 Å². The first-order chi connectivity index (χ1) is 32.7. The second-order valence-corrected chi connectivity index (χ2v) is 21.3. The number of fused-ring (bicyclic) bond motifs is 4. The molecule has 2 amide bonds. The molecule has 0 spiro atoms. The fourth-order valence-electron chi connectivity index (χ4n) is 8.01. The maximum absolute atomic E-state index is 12.9. The van der Waals surface area contributed by atoms with Gasteiger partial charge in [-0.05, 0) is 59.7 Å². The Kier molecular flexibility index (Phi) is 13.8. The summed E-state index contributed by atoms with van der Waals surface area (Å²) >= 11 is 6.08. The lowest BCUT2D eigenvalue weighted by Crippen LogP contribution is -2.25. The first kappa shape index (κ1) is 48.5. The molecule has 0 bridgehead atoms. The normalized spacial score (nSPS) is 14.5. The third kappa shape index (κ3) is 10.7. The highest BCUT2D eigenvalue weighted by Crippen LogP contribution is 2.37. The molecule has 69 heavy (non-hydrogen) atoms. The van der Waals surface area contributed by atoms with Gasteiger partial charge in [0.25, 0.3) is 11.8 Å². The number of nitrogens with zero attached hydrogens (tertiary/aromatic N) is 8. The van der Waals surface area contributed by atoms with Crippen molar-refractivity contribution in [3.63, 3.8) is 0 Å². The van der Waals surface area contributed by atoms with E-state index in [1.54, 1.807) is 78.6 Å². The smallest absolute Gasteiger partial charge is 0.257 e. The first-order valence-corrected chi connectivity index (χ1v) is 25.5. The minimum atomic E-state index is -3.47. The minimum absolute atomic E-state index is 0.127. The number of sulfonamides is 2. The van der Waals surface area contributed by atoms with Gasteiger partial charge in [-0.25, -0.2) is 26.8 Å². The van der Waals surface area contributed by atoms with Crippen molar-refractivity contribution in [1.29, 1.82) is 0 Å². The van der Waals surface area contributed by atoms with Crippen LogP contribution in [0.5, 0.6) is 0 Å². The molecule has 19 nitrogen and oxygen atoms in total. The molecule has 4 aromatic heterocycles. The number of hydrogen-bond donors (Lipinski definition) is 3. The van der Waals surface area contributed by atoms with Crippen molar-refractivity contribution < 1.29 is 35.9 Å². The highest BCUT2D eigenvalue weighted by atomic mass is 35.5. The quantitative estimate of drug-likeness (QED) is 0.134. The highest BCUT2D eigenvalue weighted by molar-refractivity contribution is 7.92. The Labute approximate surface area is 405 Å². The standard InChI is InChI=1S/C24H25N5O4S.C16H17ClN4O3S.C7H8N2O/c1-28-12-21-23(24(28)30)20(27-19-6-4-5-7-22(19)29(2)34(3,31)32)10-18(26-21)9-17-8-15-13-33-14-16(15)11-25-17;1-20-9-12-15(16(20)22)11(8-14(17)19-12)18-10-6-4-5-7-13(10)21(2)25(3,23)24;8-7-1-5-3-10-4-6(5)2-9-7/h4-8,10-11H,9,12-14H2,1-3H3,(H,26,27);4-8H,9H2,1-3H3,(H,18,19);1-2H,3-4H2,(H2,8,9). The largest absolute Gasteiger partial charge is 0.384 e. The number of para-hydroxylation sites is 4. The van der Waals surface area contributed by atoms with E-state index >= 15 is 0 Å². The molecule has 0 radical (unpaired) electrons. The molecule has 4 aliphatic heterocycles. The van der Waals surface area contributed by atoms with Crippen molar-refractivity contribution in [3.05, 3.63) is 146 Å². The van der Waals surface area contributed by atoms with E-state index < -0.39 is 20.0 Å². The predicted molar refractivity (Wildman–Crippen MR) is 264 cm³/mol. The van der Waals surface area contributed by atoms with E-state index in [0.29, 0.717) is 108 Å². The van der Waals surface area contributed by atoms with Gasteiger partial charge in [0.15, 0.2) is 0 Å². The van der Waals surface area contributed by atoms with E-state index in [1.807, 2.05) is 30.5 Å². The molecule has 0 unspecified atom stereocenters. The number of ether oxygens (including phenoxy) is 2. The van der Waals surface area contributed by atoms with Crippen molar-refractivity contribution in [2.24, 2.45) is 0 Å². The van der Waals surface area contributed by atoms with E-state index in [1.165, 1.54) is 28.3 Å². The zero-order valence-corrected chi connectivity index (χ0v) is 41.0. The Hall–Kier alpha value is -6.91. The van der Waals surface area contributed by atoms with Gasteiger partial charge in [-0.3, -0.25) is 28.2 Å². The molecule has 10 rings (SSSR count). The number of hydrogen-bond acceptors (Lipinski definition) is 15. The Balaban J connectivity index is 0.000000159. The number of benzene rings is 2. The summed E-state index contributed by atoms with van der Waals surface area (Å²) in [6.07, 6.45) is 6.40. The molecule has 6 aromatic rings. The summed E-state index contributed by atoms with van der Waals surface area (Å²) in [5, 5.41) is 6.71. The SMILES string of the molecule is CN1Cc2nc(Cc3cc4c(cn3)COC4)cc(Nc3ccccc3N(C)S(C)(=O)=O)c2C1=O.CN1Cc2nc(Cl)cc(Nc3ccccc3N(C)S(C)(=O)=O)c2C1=O.Nc1cc2c(cn1)COC2. The number of carbonyl (C=O) groups is 2. The average molecular weight is 997 g/mol. The van der Waals surface area contributed by atoms with E-state index in [9.17, 15) is 26.4 Å². The second-order valence-electron chi connectivity index (χ2n) is 16.8. The fraction of sp³-hybridized carbons (Fsp3) is 0.277. The van der Waals surface area contributed by atoms with Gasteiger partial charge in [0, 0.05) is 69.5 Å². The monoisotopic (exact) mass is 995 g/mol. The van der Waals surface area contributed by atoms with Crippen LogP contribution in [0, 0.1) is 0 Å². The van der Waals surface area contributed by atoms with Crippen LogP contribution in [0.1, 0.15) is 65.7 Å². The van der Waals surface area contributed by atoms with Crippen LogP contribution in [0.3, 0.4) is 0 Å². The lowest BCUT2D eigenvalue weighted by molar-refractivity contribution is 0.0809. The Morgan fingerprint density at radius 2 is 1.10 bits per heavy atom. The number of halogens is 1. The average Bonchev–Trinajstić information content (AvgIpc) is 4.09. The van der Waals surface area contributed by atoms with Gasteiger partial charge in [-0.15, -0.1) is 0 Å². The van der Waals surface area contributed by atoms with Crippen molar-refractivity contribution in [2.45, 2.75) is 45.9 Å². The molecule has 4 N–H and O–H groups in total. The van der Waals surface area contributed by atoms with E-state index in [2.05, 4.69) is 25.6 Å². The molecule has 4 aliphatic rings. The van der Waals surface area contributed by atoms with E-state index in [0.717, 1.165) is 40.6 Å². The van der Waals surface area contributed by atoms with Gasteiger partial charge in [0.2, 0.25) is 20.0 Å². The van der Waals surface area contributed by atoms with Crippen LogP contribution in [0.4, 0.5) is 39.9 Å². The molecule has 8 heterocycles. The van der Waals surface area contributed by atoms with Crippen LogP contribution in [0.15, 0.2) is 85.2 Å². The number of amides is 2. The number of pyridine rings is 4. The molecule has 2 aromatic carbocycles. The molecule has 360 valence electrons. The molecule has 22 heteroatoms. The lowest BCUT2D eigenvalue weighted by Gasteiger charge is -2.21. The number of nitrogen functional groups attached to an aromatic ring is 1. The summed E-state index contributed by atoms with van der Waals surface area (Å²) in [4.78, 5) is 45.9. The van der Waals surface area contributed by atoms with Crippen LogP contribution in [-0.2, 0) is 75.5 Å². The van der Waals surface area contributed by atoms with Crippen molar-refractivity contribution in [2.75, 3.05) is 65.7 Å². The Bertz CT molecular complexity index is 3230. The maximum atomic E-state index is 12.9. The highest BCUT2D eigenvalue weighted by Gasteiger charge is 2.32. The molecule has 0 saturated heterocycles. The zero-order chi connectivity index (χ0) is 49.4. The number of anilines is 7. The van der Waals surface area contributed by atoms with Gasteiger partial charge >= 0.3 is 0 Å². The summed E-state index contributed by atoms with van der Waals surface area (Å²) in [6, 6.07) is 21.3. The Morgan fingerprint density at radius 3 is 1.64 bits per heavy atom. The summed E-state index contributed by atoms with van der Waals surface area (Å²) in [5.41, 5.74) is 17.1. The molecule has 0 saturated carbocycles. The van der Waals surface area contributed by atoms with Gasteiger partial charge in [-0.2, -0.15) is 0 Å². The van der Waals surface area contributed by atoms with Gasteiger partial charge in [0.1, 0.15) is 11.0 Å². The van der Waals surface area contributed by atoms with Crippen LogP contribution in [-0.4, -0.2) is 99.1 Å². The number of aromatic nitrogens is 4. The fourth-order valence-corrected chi connectivity index (χ4v) is 9.26. The van der Waals surface area contributed by atoms with Crippen LogP contribution in [0.25, 0.3) is 0 Å². The summed E-state index contributed by atoms with van der Waals surface area (Å²) in [6.45, 7) is 3.33. The number of carbonyl (C=O) groups excluding carboxylic acids is 2. The summed E-state index contributed by atoms with van der Waals surface area (Å²) in [7, 11) is -0.502. The van der Waals surface area contributed by atoms with E-state index in [-0.39, 0.29) is 17.0 Å². The molecule has 0 fully saturated rings. The van der Waals surface area contributed by atoms with Crippen molar-refractivity contribution >= 4 is 83.4 Å². The van der Waals surface area contributed by atoms with Crippen LogP contribution >= 0.6 is 11.6 Å². The number of nitrogens with one attached hydrogen (secondary N) is 2. The number of nitrogens with two attached hydrogens (primary N) is 1. The predicted octanol–water partition coefficient (Wildman–Crippen LogP) is 5.98. The first-order valence-electron chi connectivity index (χ1n) is 21.4. The van der Waals surface area contributed by atoms with Crippen LogP contribution in [0.2, 0.25) is 5.15 Å². The molecular formula is C47H50ClN11O8S2. The lowest BCUT2D eigenvalue weighted by atomic mass is 10.1. The zero-order valence-electron chi connectivity index (χ0n) is 38.6. The third-order valence-electron chi connectivity index (χ3n) is 11.8. The number of rotatable bonds is 10. The minimum Gasteiger partial charge on any atom is -0.384 e. The third-order valence-corrected chi connectivity index (χ3v) is 14.3. The van der Waals surface area contributed by atoms with Gasteiger partial charge in [-0.1, -0.05) is 35.9 Å². The summed E-state index contributed by atoms with van der Waals surface area (Å²) < 4.78 is 61.1. The second kappa shape index (κ2) is 19.6. The van der Waals surface area contributed by atoms with Gasteiger partial charge in [0.05, 0.1) is 109 Å². The van der Waals surface area contributed by atoms with E-state index in [4.69, 9.17) is 31.8 Å². The topological polar surface area (TPSA) is 235 Å². The van der Waals surface area contributed by atoms with Crippen molar-refractivity contribution in [1.82, 2.24) is 29.7 Å². The van der Waals surface area contributed by atoms with Gasteiger partial charge < -0.3 is 35.6 Å². The summed E-state index contributed by atoms with van der Waals surface area (Å²) in [5.74, 6) is 0.290. The Morgan fingerprint density at radius 1 is 0.638 bits per heavy atom.